The van der Waals surface area contributed by atoms with E-state index in [4.69, 9.17) is 4.74 Å². The van der Waals surface area contributed by atoms with E-state index in [0.29, 0.717) is 31.8 Å². The van der Waals surface area contributed by atoms with E-state index < -0.39 is 6.23 Å². The third-order valence-electron chi connectivity index (χ3n) is 7.05. The van der Waals surface area contributed by atoms with E-state index in [1.807, 2.05) is 30.3 Å². The fourth-order valence-corrected chi connectivity index (χ4v) is 4.84. The van der Waals surface area contributed by atoms with Gasteiger partial charge in [0.05, 0.1) is 0 Å². The number of methoxy groups -OCH3 is 1. The van der Waals surface area contributed by atoms with Gasteiger partial charge in [0.1, 0.15) is 18.6 Å². The van der Waals surface area contributed by atoms with Crippen LogP contribution in [0.25, 0.3) is 0 Å². The first-order valence-electron chi connectivity index (χ1n) is 13.5. The van der Waals surface area contributed by atoms with Gasteiger partial charge >= 0.3 is 0 Å². The zero-order chi connectivity index (χ0) is 27.5. The number of carbonyl (C=O) groups is 1. The maximum atomic E-state index is 13.0. The van der Waals surface area contributed by atoms with E-state index in [9.17, 15) is 14.8 Å². The van der Waals surface area contributed by atoms with Crippen molar-refractivity contribution in [2.45, 2.75) is 51.0 Å². The number of aliphatic hydroxyl groups is 1. The lowest BCUT2D eigenvalue weighted by atomic mass is 10.1. The van der Waals surface area contributed by atoms with Gasteiger partial charge in [0.2, 0.25) is 0 Å². The number of rotatable bonds is 13. The van der Waals surface area contributed by atoms with Crippen molar-refractivity contribution in [3.8, 4) is 0 Å². The Balaban J connectivity index is 1.29. The lowest BCUT2D eigenvalue weighted by molar-refractivity contribution is 0.0939. The van der Waals surface area contributed by atoms with E-state index >= 15 is 0 Å². The molecule has 2 aromatic rings. The Bertz CT molecular complexity index is 1170. The molecule has 2 unspecified atom stereocenters. The van der Waals surface area contributed by atoms with Gasteiger partial charge in [0.15, 0.2) is 0 Å². The Morgan fingerprint density at radius 1 is 1.23 bits per heavy atom. The molecule has 2 aliphatic heterocycles. The first-order valence-corrected chi connectivity index (χ1v) is 13.5. The van der Waals surface area contributed by atoms with Crippen LogP contribution in [0.5, 0.6) is 0 Å². The summed E-state index contributed by atoms with van der Waals surface area (Å²) in [6, 6.07) is 15.3. The van der Waals surface area contributed by atoms with Crippen molar-refractivity contribution in [2.75, 3.05) is 38.7 Å². The average Bonchev–Trinajstić information content (AvgIpc) is 3.44. The molecule has 10 heteroatoms. The van der Waals surface area contributed by atoms with Gasteiger partial charge in [-0.05, 0) is 42.5 Å². The molecular formula is C29H38N6O4. The van der Waals surface area contributed by atoms with E-state index in [2.05, 4.69) is 31.0 Å². The number of hydrogen-bond acceptors (Lipinski definition) is 9. The SMILES string of the molecule is COCCCNc1cc(C(=O)NC2CCN(C3=NC=C(C(O)NCc4ccccc4)CC3)C2)ccc1CN=O. The van der Waals surface area contributed by atoms with Gasteiger partial charge in [-0.1, -0.05) is 41.6 Å². The molecule has 2 atom stereocenters. The van der Waals surface area contributed by atoms with E-state index in [-0.39, 0.29) is 18.5 Å². The molecule has 2 aliphatic rings. The van der Waals surface area contributed by atoms with Crippen LogP contribution < -0.4 is 16.0 Å². The monoisotopic (exact) mass is 534 g/mol. The zero-order valence-electron chi connectivity index (χ0n) is 22.4. The fraction of sp³-hybridized carbons (Fsp3) is 0.448. The molecular weight excluding hydrogens is 496 g/mol. The molecule has 4 N–H and O–H groups in total. The molecule has 2 aromatic carbocycles. The van der Waals surface area contributed by atoms with Gasteiger partial charge in [-0.3, -0.25) is 10.1 Å². The number of hydrogen-bond donors (Lipinski definition) is 4. The molecule has 1 amide bonds. The minimum atomic E-state index is -0.728. The largest absolute Gasteiger partial charge is 0.385 e. The Kier molecular flexibility index (Phi) is 10.6. The second-order valence-corrected chi connectivity index (χ2v) is 9.86. The first-order chi connectivity index (χ1) is 19.1. The summed E-state index contributed by atoms with van der Waals surface area (Å²) in [5.41, 5.74) is 4.03. The zero-order valence-corrected chi connectivity index (χ0v) is 22.4. The minimum Gasteiger partial charge on any atom is -0.385 e. The number of carbonyl (C=O) groups excluding carboxylic acids is 1. The topological polar surface area (TPSA) is 128 Å². The molecule has 0 saturated carbocycles. The molecule has 2 heterocycles. The molecule has 1 fully saturated rings. The number of benzene rings is 2. The molecule has 0 aliphatic carbocycles. The highest BCUT2D eigenvalue weighted by Gasteiger charge is 2.28. The van der Waals surface area contributed by atoms with Gasteiger partial charge in [0, 0.05) is 75.4 Å². The molecule has 0 aromatic heterocycles. The number of nitrogens with zero attached hydrogens (tertiary/aromatic N) is 3. The van der Waals surface area contributed by atoms with E-state index in [1.54, 1.807) is 31.5 Å². The van der Waals surface area contributed by atoms with Crippen molar-refractivity contribution in [1.82, 2.24) is 15.5 Å². The normalized spacial score (nSPS) is 17.8. The van der Waals surface area contributed by atoms with Gasteiger partial charge in [0.25, 0.3) is 5.91 Å². The average molecular weight is 535 g/mol. The maximum Gasteiger partial charge on any atom is 0.251 e. The summed E-state index contributed by atoms with van der Waals surface area (Å²) in [6.07, 6.45) is 4.16. The maximum absolute atomic E-state index is 13.0. The number of amides is 1. The summed E-state index contributed by atoms with van der Waals surface area (Å²) in [5.74, 6) is 0.840. The highest BCUT2D eigenvalue weighted by Crippen LogP contribution is 2.22. The second kappa shape index (κ2) is 14.5. The van der Waals surface area contributed by atoms with E-state index in [1.165, 1.54) is 0 Å². The molecule has 0 radical (unpaired) electrons. The number of ether oxygens (including phenoxy) is 1. The Hall–Kier alpha value is -3.60. The first kappa shape index (κ1) is 28.4. The van der Waals surface area contributed by atoms with Crippen LogP contribution in [0, 0.1) is 4.91 Å². The minimum absolute atomic E-state index is 0.0122. The lowest BCUT2D eigenvalue weighted by Gasteiger charge is -2.25. The Labute approximate surface area is 229 Å². The molecule has 4 rings (SSSR count). The quantitative estimate of drug-likeness (QED) is 0.176. The van der Waals surface area contributed by atoms with Crippen molar-refractivity contribution in [3.05, 3.63) is 81.9 Å². The number of aliphatic hydroxyl groups excluding tert-OH is 1. The molecule has 10 nitrogen and oxygen atoms in total. The fourth-order valence-electron chi connectivity index (χ4n) is 4.84. The van der Waals surface area contributed by atoms with Crippen LogP contribution >= 0.6 is 0 Å². The number of nitrogens with one attached hydrogen (secondary N) is 3. The van der Waals surface area contributed by atoms with Crippen LogP contribution in [-0.2, 0) is 17.8 Å². The van der Waals surface area contributed by atoms with E-state index in [0.717, 1.165) is 60.5 Å². The third kappa shape index (κ3) is 8.19. The summed E-state index contributed by atoms with van der Waals surface area (Å²) in [7, 11) is 1.65. The van der Waals surface area contributed by atoms with Crippen molar-refractivity contribution in [2.24, 2.45) is 10.2 Å². The third-order valence-corrected chi connectivity index (χ3v) is 7.05. The number of amidine groups is 1. The van der Waals surface area contributed by atoms with Crippen molar-refractivity contribution >= 4 is 17.4 Å². The summed E-state index contributed by atoms with van der Waals surface area (Å²) < 4.78 is 5.08. The summed E-state index contributed by atoms with van der Waals surface area (Å²) >= 11 is 0. The molecule has 0 spiro atoms. The number of anilines is 1. The predicted molar refractivity (Wildman–Crippen MR) is 152 cm³/mol. The summed E-state index contributed by atoms with van der Waals surface area (Å²) in [5, 5.41) is 23.1. The molecule has 208 valence electrons. The Morgan fingerprint density at radius 3 is 2.82 bits per heavy atom. The lowest BCUT2D eigenvalue weighted by Crippen LogP contribution is -2.39. The molecule has 0 bridgehead atoms. The molecule has 1 saturated heterocycles. The summed E-state index contributed by atoms with van der Waals surface area (Å²) in [4.78, 5) is 30.7. The van der Waals surface area contributed by atoms with Gasteiger partial charge in [-0.15, -0.1) is 0 Å². The molecule has 39 heavy (non-hydrogen) atoms. The smallest absolute Gasteiger partial charge is 0.251 e. The van der Waals surface area contributed by atoms with Crippen LogP contribution in [0.4, 0.5) is 5.69 Å². The van der Waals surface area contributed by atoms with Crippen molar-refractivity contribution in [3.63, 3.8) is 0 Å². The second-order valence-electron chi connectivity index (χ2n) is 9.86. The Morgan fingerprint density at radius 2 is 2.08 bits per heavy atom. The van der Waals surface area contributed by atoms with Crippen molar-refractivity contribution < 1.29 is 14.6 Å². The highest BCUT2D eigenvalue weighted by atomic mass is 16.5. The van der Waals surface area contributed by atoms with Gasteiger partial charge < -0.3 is 25.4 Å². The highest BCUT2D eigenvalue weighted by molar-refractivity contribution is 5.95. The predicted octanol–water partition coefficient (Wildman–Crippen LogP) is 3.39. The number of aliphatic imine (C=N–C) groups is 1. The van der Waals surface area contributed by atoms with Gasteiger partial charge in [-0.2, -0.15) is 4.91 Å². The van der Waals surface area contributed by atoms with Crippen LogP contribution in [0.1, 0.15) is 47.2 Å². The standard InChI is InChI=1S/C29H38N6O4/c1-39-15-5-13-30-26-16-22(8-9-23(26)19-33-38)29(37)34-25-12-14-35(20-25)27-11-10-24(18-31-27)28(36)32-17-21-6-3-2-4-7-21/h2-4,6-9,16,18,25,28,30,32,36H,5,10-15,17,19-20H2,1H3,(H,34,37). The number of likely N-dealkylation sites (tertiary alicyclic amines) is 1. The van der Waals surface area contributed by atoms with Crippen LogP contribution in [0.3, 0.4) is 0 Å². The van der Waals surface area contributed by atoms with Crippen molar-refractivity contribution in [1.29, 1.82) is 0 Å². The van der Waals surface area contributed by atoms with Gasteiger partial charge in [-0.25, -0.2) is 4.99 Å². The van der Waals surface area contributed by atoms with Crippen LogP contribution in [0.2, 0.25) is 0 Å². The van der Waals surface area contributed by atoms with Crippen LogP contribution in [0.15, 0.2) is 70.5 Å². The summed E-state index contributed by atoms with van der Waals surface area (Å²) in [6.45, 7) is 3.44. The number of nitroso groups, excluding NO2 is 1. The van der Waals surface area contributed by atoms with Crippen LogP contribution in [-0.4, -0.2) is 67.4 Å².